The van der Waals surface area contributed by atoms with E-state index in [0.29, 0.717) is 5.41 Å². The van der Waals surface area contributed by atoms with Gasteiger partial charge in [0.25, 0.3) is 0 Å². The lowest BCUT2D eigenvalue weighted by Crippen LogP contribution is -2.48. The van der Waals surface area contributed by atoms with Crippen molar-refractivity contribution < 1.29 is 4.39 Å². The Morgan fingerprint density at radius 2 is 2.08 bits per heavy atom. The molecule has 1 aliphatic heterocycles. The number of anilines is 1. The molecule has 1 spiro atoms. The Balaban J connectivity index is 1.78. The minimum atomic E-state index is -0.380. The van der Waals surface area contributed by atoms with E-state index in [9.17, 15) is 4.39 Å². The van der Waals surface area contributed by atoms with E-state index in [1.807, 2.05) is 6.07 Å². The fourth-order valence-electron chi connectivity index (χ4n) is 1.99. The SMILES string of the molecule is Fc1cccc(N2CC3(CC3)C2)n1. The second kappa shape index (κ2) is 2.22. The third kappa shape index (κ3) is 1.10. The lowest BCUT2D eigenvalue weighted by Gasteiger charge is -2.40. The van der Waals surface area contributed by atoms with Crippen LogP contribution < -0.4 is 4.90 Å². The normalized spacial score (nSPS) is 23.0. The van der Waals surface area contributed by atoms with Gasteiger partial charge in [-0.05, 0) is 25.0 Å². The van der Waals surface area contributed by atoms with E-state index in [-0.39, 0.29) is 5.95 Å². The van der Waals surface area contributed by atoms with Crippen molar-refractivity contribution in [2.24, 2.45) is 5.41 Å². The smallest absolute Gasteiger partial charge is 0.214 e. The summed E-state index contributed by atoms with van der Waals surface area (Å²) in [6, 6.07) is 4.98. The highest BCUT2D eigenvalue weighted by Crippen LogP contribution is 2.53. The molecule has 0 unspecified atom stereocenters. The number of hydrogen-bond acceptors (Lipinski definition) is 2. The van der Waals surface area contributed by atoms with Crippen LogP contribution in [0.3, 0.4) is 0 Å². The molecule has 3 heteroatoms. The predicted molar refractivity (Wildman–Crippen MR) is 48.1 cm³/mol. The summed E-state index contributed by atoms with van der Waals surface area (Å²) in [5.41, 5.74) is 0.605. The van der Waals surface area contributed by atoms with Crippen LogP contribution in [0.5, 0.6) is 0 Å². The molecule has 68 valence electrons. The lowest BCUT2D eigenvalue weighted by molar-refractivity contribution is 0.382. The fraction of sp³-hybridized carbons (Fsp3) is 0.500. The molecule has 1 aromatic rings. The molecular formula is C10H11FN2. The van der Waals surface area contributed by atoms with Crippen molar-refractivity contribution in [3.8, 4) is 0 Å². The number of aromatic nitrogens is 1. The lowest BCUT2D eigenvalue weighted by atomic mass is 9.97. The molecule has 0 atom stereocenters. The first-order chi connectivity index (χ1) is 6.27. The van der Waals surface area contributed by atoms with Crippen molar-refractivity contribution in [3.05, 3.63) is 24.1 Å². The molecule has 1 aromatic heterocycles. The molecule has 2 nitrogen and oxygen atoms in total. The monoisotopic (exact) mass is 178 g/mol. The second-order valence-electron chi connectivity index (χ2n) is 4.17. The Labute approximate surface area is 76.4 Å². The fourth-order valence-corrected chi connectivity index (χ4v) is 1.99. The first-order valence-corrected chi connectivity index (χ1v) is 4.65. The van der Waals surface area contributed by atoms with Gasteiger partial charge in [-0.2, -0.15) is 4.39 Å². The van der Waals surface area contributed by atoms with Crippen molar-refractivity contribution >= 4 is 5.82 Å². The van der Waals surface area contributed by atoms with E-state index >= 15 is 0 Å². The van der Waals surface area contributed by atoms with Gasteiger partial charge in [-0.25, -0.2) is 4.98 Å². The van der Waals surface area contributed by atoms with E-state index < -0.39 is 0 Å². The molecule has 0 radical (unpaired) electrons. The van der Waals surface area contributed by atoms with Crippen LogP contribution in [0, 0.1) is 11.4 Å². The first kappa shape index (κ1) is 7.30. The van der Waals surface area contributed by atoms with Gasteiger partial charge in [0.1, 0.15) is 5.82 Å². The first-order valence-electron chi connectivity index (χ1n) is 4.65. The van der Waals surface area contributed by atoms with Gasteiger partial charge in [-0.3, -0.25) is 0 Å². The molecule has 0 amide bonds. The van der Waals surface area contributed by atoms with Crippen molar-refractivity contribution in [1.29, 1.82) is 0 Å². The van der Waals surface area contributed by atoms with Gasteiger partial charge in [0.15, 0.2) is 0 Å². The van der Waals surface area contributed by atoms with Crippen molar-refractivity contribution in [1.82, 2.24) is 4.98 Å². The number of hydrogen-bond donors (Lipinski definition) is 0. The average molecular weight is 178 g/mol. The van der Waals surface area contributed by atoms with Crippen LogP contribution in [0.25, 0.3) is 0 Å². The summed E-state index contributed by atoms with van der Waals surface area (Å²) in [5, 5.41) is 0. The Morgan fingerprint density at radius 1 is 1.31 bits per heavy atom. The molecule has 1 aliphatic carbocycles. The minimum Gasteiger partial charge on any atom is -0.355 e. The topological polar surface area (TPSA) is 16.1 Å². The largest absolute Gasteiger partial charge is 0.355 e. The van der Waals surface area contributed by atoms with Gasteiger partial charge in [0.05, 0.1) is 0 Å². The average Bonchev–Trinajstić information content (AvgIpc) is 2.80. The summed E-state index contributed by atoms with van der Waals surface area (Å²) >= 11 is 0. The summed E-state index contributed by atoms with van der Waals surface area (Å²) in [6.07, 6.45) is 2.69. The van der Waals surface area contributed by atoms with Gasteiger partial charge in [0, 0.05) is 18.5 Å². The molecule has 0 aromatic carbocycles. The third-order valence-corrected chi connectivity index (χ3v) is 3.03. The Kier molecular flexibility index (Phi) is 1.25. The highest BCUT2D eigenvalue weighted by atomic mass is 19.1. The summed E-state index contributed by atoms with van der Waals surface area (Å²) in [4.78, 5) is 6.00. The Morgan fingerprint density at radius 3 is 2.69 bits per heavy atom. The maximum absolute atomic E-state index is 12.8. The summed E-state index contributed by atoms with van der Waals surface area (Å²) in [6.45, 7) is 2.15. The Hall–Kier alpha value is -1.12. The number of nitrogens with zero attached hydrogens (tertiary/aromatic N) is 2. The zero-order valence-electron chi connectivity index (χ0n) is 7.33. The van der Waals surface area contributed by atoms with Crippen molar-refractivity contribution in [2.45, 2.75) is 12.8 Å². The number of pyridine rings is 1. The zero-order chi connectivity index (χ0) is 8.89. The second-order valence-corrected chi connectivity index (χ2v) is 4.17. The molecule has 1 saturated heterocycles. The zero-order valence-corrected chi connectivity index (χ0v) is 7.33. The van der Waals surface area contributed by atoms with Gasteiger partial charge in [0.2, 0.25) is 5.95 Å². The summed E-state index contributed by atoms with van der Waals surface area (Å²) in [5.74, 6) is 0.409. The molecule has 3 rings (SSSR count). The molecule has 0 bridgehead atoms. The van der Waals surface area contributed by atoms with Crippen LogP contribution >= 0.6 is 0 Å². The summed E-state index contributed by atoms with van der Waals surface area (Å²) < 4.78 is 12.8. The quantitative estimate of drug-likeness (QED) is 0.610. The standard InChI is InChI=1S/C10H11FN2/c11-8-2-1-3-9(12-8)13-6-10(7-13)4-5-10/h1-3H,4-7H2. The van der Waals surface area contributed by atoms with Gasteiger partial charge >= 0.3 is 0 Å². The van der Waals surface area contributed by atoms with E-state index in [4.69, 9.17) is 0 Å². The van der Waals surface area contributed by atoms with E-state index in [1.54, 1.807) is 6.07 Å². The van der Waals surface area contributed by atoms with Crippen LogP contribution in [0.1, 0.15) is 12.8 Å². The van der Waals surface area contributed by atoms with Crippen LogP contribution in [0.2, 0.25) is 0 Å². The van der Waals surface area contributed by atoms with E-state index in [2.05, 4.69) is 9.88 Å². The summed E-state index contributed by atoms with van der Waals surface area (Å²) in [7, 11) is 0. The van der Waals surface area contributed by atoms with Crippen LogP contribution in [-0.4, -0.2) is 18.1 Å². The molecule has 13 heavy (non-hydrogen) atoms. The molecule has 2 fully saturated rings. The maximum atomic E-state index is 12.8. The van der Waals surface area contributed by atoms with Crippen molar-refractivity contribution in [3.63, 3.8) is 0 Å². The van der Waals surface area contributed by atoms with Gasteiger partial charge in [-0.15, -0.1) is 0 Å². The van der Waals surface area contributed by atoms with E-state index in [0.717, 1.165) is 18.9 Å². The van der Waals surface area contributed by atoms with Gasteiger partial charge in [-0.1, -0.05) is 6.07 Å². The number of halogens is 1. The highest BCUT2D eigenvalue weighted by molar-refractivity contribution is 5.44. The Bertz CT molecular complexity index is 339. The third-order valence-electron chi connectivity index (χ3n) is 3.03. The van der Waals surface area contributed by atoms with Gasteiger partial charge < -0.3 is 4.90 Å². The maximum Gasteiger partial charge on any atom is 0.214 e. The van der Waals surface area contributed by atoms with E-state index in [1.165, 1.54) is 18.9 Å². The number of rotatable bonds is 1. The molecule has 1 saturated carbocycles. The molecule has 2 aliphatic rings. The molecule has 0 N–H and O–H groups in total. The van der Waals surface area contributed by atoms with Crippen molar-refractivity contribution in [2.75, 3.05) is 18.0 Å². The molecule has 2 heterocycles. The minimum absolute atomic E-state index is 0.380. The predicted octanol–water partition coefficient (Wildman–Crippen LogP) is 1.82. The van der Waals surface area contributed by atoms with Crippen LogP contribution in [-0.2, 0) is 0 Å². The highest BCUT2D eigenvalue weighted by Gasteiger charge is 2.52. The molecular weight excluding hydrogens is 167 g/mol. The van der Waals surface area contributed by atoms with Crippen LogP contribution in [0.15, 0.2) is 18.2 Å². The van der Waals surface area contributed by atoms with Crippen LogP contribution in [0.4, 0.5) is 10.2 Å².